The van der Waals surface area contributed by atoms with Crippen LogP contribution in [0.2, 0.25) is 12.1 Å². The van der Waals surface area contributed by atoms with Crippen LogP contribution in [0.3, 0.4) is 0 Å². The molecule has 0 aliphatic carbocycles. The molecule has 0 fully saturated rings. The Morgan fingerprint density at radius 2 is 0.750 bits per heavy atom. The summed E-state index contributed by atoms with van der Waals surface area (Å²) in [6.07, 6.45) is 4.43. The molecule has 0 aromatic rings. The van der Waals surface area contributed by atoms with Crippen molar-refractivity contribution in [3.05, 3.63) is 0 Å². The predicted molar refractivity (Wildman–Crippen MR) is 119 cm³/mol. The summed E-state index contributed by atoms with van der Waals surface area (Å²) in [5.74, 6) is 0.633. The van der Waals surface area contributed by atoms with E-state index in [-0.39, 0.29) is 0 Å². The Morgan fingerprint density at radius 1 is 0.500 bits per heavy atom. The minimum absolute atomic E-state index is 0.633. The van der Waals surface area contributed by atoms with Crippen molar-refractivity contribution in [1.29, 1.82) is 0 Å². The largest absolute Gasteiger partial charge is 0.500 e. The van der Waals surface area contributed by atoms with E-state index in [1.807, 2.05) is 41.5 Å². The zero-order valence-corrected chi connectivity index (χ0v) is 21.5. The predicted octanol–water partition coefficient (Wildman–Crippen LogP) is 5.28. The number of rotatable bonds is 20. The summed E-state index contributed by atoms with van der Waals surface area (Å²) in [4.78, 5) is 0. The Labute approximate surface area is 176 Å². The Bertz CT molecular complexity index is 294. The van der Waals surface area contributed by atoms with E-state index >= 15 is 0 Å². The SMILES string of the molecule is CCO[Si](CCCC(C)CCC[Si](OCC)(OCC)OCC)(OCC)OCC. The van der Waals surface area contributed by atoms with Gasteiger partial charge in [-0.05, 0) is 60.3 Å². The molecule has 0 amide bonds. The summed E-state index contributed by atoms with van der Waals surface area (Å²) in [6.45, 7) is 18.2. The molecule has 0 N–H and O–H groups in total. The van der Waals surface area contributed by atoms with Crippen molar-refractivity contribution < 1.29 is 26.6 Å². The molecule has 0 radical (unpaired) electrons. The van der Waals surface area contributed by atoms with Gasteiger partial charge in [-0.25, -0.2) is 0 Å². The summed E-state index contributed by atoms with van der Waals surface area (Å²) in [5, 5.41) is 0. The molecule has 0 aliphatic rings. The molecule has 0 aromatic carbocycles. The maximum Gasteiger partial charge on any atom is 0.500 e. The molecule has 28 heavy (non-hydrogen) atoms. The van der Waals surface area contributed by atoms with Gasteiger partial charge in [-0.15, -0.1) is 0 Å². The molecule has 0 heterocycles. The average Bonchev–Trinajstić information content (AvgIpc) is 2.63. The molecular formula is C20H46O6Si2. The lowest BCUT2D eigenvalue weighted by molar-refractivity contribution is 0.0703. The minimum Gasteiger partial charge on any atom is -0.374 e. The van der Waals surface area contributed by atoms with Crippen molar-refractivity contribution in [2.24, 2.45) is 5.92 Å². The molecule has 0 aromatic heterocycles. The van der Waals surface area contributed by atoms with Crippen LogP contribution in [0.4, 0.5) is 0 Å². The highest BCUT2D eigenvalue weighted by Gasteiger charge is 2.40. The van der Waals surface area contributed by atoms with Gasteiger partial charge in [0.15, 0.2) is 0 Å². The highest BCUT2D eigenvalue weighted by molar-refractivity contribution is 6.61. The molecule has 0 saturated carbocycles. The summed E-state index contributed by atoms with van der Waals surface area (Å²) < 4.78 is 35.7. The Hall–Kier alpha value is 0.194. The molecule has 0 spiro atoms. The maximum atomic E-state index is 5.95. The standard InChI is InChI=1S/C20H46O6Si2/c1-8-21-27(22-9-2,23-10-3)18-14-16-20(7)17-15-19-28(24-11-4,25-12-5)26-13-6/h20H,8-19H2,1-7H3. The molecule has 0 atom stereocenters. The third-order valence-electron chi connectivity index (χ3n) is 4.55. The first-order chi connectivity index (χ1) is 13.5. The van der Waals surface area contributed by atoms with Gasteiger partial charge in [-0.2, -0.15) is 0 Å². The van der Waals surface area contributed by atoms with Crippen molar-refractivity contribution in [3.63, 3.8) is 0 Å². The lowest BCUT2D eigenvalue weighted by Gasteiger charge is -2.29. The van der Waals surface area contributed by atoms with Crippen LogP contribution in [0.5, 0.6) is 0 Å². The normalized spacial score (nSPS) is 12.9. The first kappa shape index (κ1) is 28.2. The van der Waals surface area contributed by atoms with E-state index in [1.54, 1.807) is 0 Å². The molecule has 0 unspecified atom stereocenters. The van der Waals surface area contributed by atoms with Gasteiger partial charge in [-0.1, -0.05) is 19.8 Å². The van der Waals surface area contributed by atoms with Crippen LogP contribution in [-0.2, 0) is 26.6 Å². The average molecular weight is 439 g/mol. The van der Waals surface area contributed by atoms with Crippen LogP contribution in [0.1, 0.15) is 74.1 Å². The van der Waals surface area contributed by atoms with Crippen molar-refractivity contribution in [2.45, 2.75) is 86.2 Å². The van der Waals surface area contributed by atoms with E-state index in [0.717, 1.165) is 37.8 Å². The van der Waals surface area contributed by atoms with Crippen LogP contribution in [0.25, 0.3) is 0 Å². The van der Waals surface area contributed by atoms with Crippen LogP contribution < -0.4 is 0 Å². The molecule has 0 aliphatic heterocycles. The van der Waals surface area contributed by atoms with E-state index in [4.69, 9.17) is 26.6 Å². The second kappa shape index (κ2) is 16.9. The molecular weight excluding hydrogens is 392 g/mol. The quantitative estimate of drug-likeness (QED) is 0.241. The minimum atomic E-state index is -2.51. The van der Waals surface area contributed by atoms with Crippen LogP contribution in [0.15, 0.2) is 0 Å². The Kier molecular flexibility index (Phi) is 17.1. The highest BCUT2D eigenvalue weighted by Crippen LogP contribution is 2.25. The van der Waals surface area contributed by atoms with Crippen molar-refractivity contribution in [2.75, 3.05) is 39.6 Å². The zero-order valence-electron chi connectivity index (χ0n) is 19.5. The molecule has 0 rings (SSSR count). The van der Waals surface area contributed by atoms with Crippen molar-refractivity contribution in [1.82, 2.24) is 0 Å². The van der Waals surface area contributed by atoms with Crippen LogP contribution in [0, 0.1) is 5.92 Å². The number of hydrogen-bond donors (Lipinski definition) is 0. The van der Waals surface area contributed by atoms with Gasteiger partial charge in [-0.3, -0.25) is 0 Å². The molecule has 170 valence electrons. The molecule has 0 bridgehead atoms. The maximum absolute atomic E-state index is 5.95. The van der Waals surface area contributed by atoms with E-state index < -0.39 is 17.6 Å². The summed E-state index contributed by atoms with van der Waals surface area (Å²) in [7, 11) is -5.02. The van der Waals surface area contributed by atoms with Crippen molar-refractivity contribution in [3.8, 4) is 0 Å². The van der Waals surface area contributed by atoms with E-state index in [9.17, 15) is 0 Å². The Balaban J connectivity index is 4.46. The Morgan fingerprint density at radius 3 is 0.964 bits per heavy atom. The fourth-order valence-electron chi connectivity index (χ4n) is 3.48. The molecule has 8 heteroatoms. The lowest BCUT2D eigenvalue weighted by Crippen LogP contribution is -2.46. The van der Waals surface area contributed by atoms with Gasteiger partial charge < -0.3 is 26.6 Å². The van der Waals surface area contributed by atoms with Gasteiger partial charge in [0, 0.05) is 51.7 Å². The van der Waals surface area contributed by atoms with Crippen LogP contribution >= 0.6 is 0 Å². The van der Waals surface area contributed by atoms with E-state index in [1.165, 1.54) is 0 Å². The third-order valence-corrected chi connectivity index (χ3v) is 10.8. The number of hydrogen-bond acceptors (Lipinski definition) is 6. The highest BCUT2D eigenvalue weighted by atomic mass is 28.4. The smallest absolute Gasteiger partial charge is 0.374 e. The van der Waals surface area contributed by atoms with Crippen molar-refractivity contribution >= 4 is 17.6 Å². The first-order valence-corrected chi connectivity index (χ1v) is 15.2. The van der Waals surface area contributed by atoms with Gasteiger partial charge >= 0.3 is 17.6 Å². The summed E-state index contributed by atoms with van der Waals surface area (Å²) in [6, 6.07) is 1.78. The summed E-state index contributed by atoms with van der Waals surface area (Å²) in [5.41, 5.74) is 0. The fourth-order valence-corrected chi connectivity index (χ4v) is 8.76. The first-order valence-electron chi connectivity index (χ1n) is 11.3. The monoisotopic (exact) mass is 438 g/mol. The van der Waals surface area contributed by atoms with Gasteiger partial charge in [0.1, 0.15) is 0 Å². The topological polar surface area (TPSA) is 55.4 Å². The van der Waals surface area contributed by atoms with Gasteiger partial charge in [0.2, 0.25) is 0 Å². The second-order valence-electron chi connectivity index (χ2n) is 6.85. The summed E-state index contributed by atoms with van der Waals surface area (Å²) >= 11 is 0. The third kappa shape index (κ3) is 11.4. The zero-order chi connectivity index (χ0) is 21.3. The van der Waals surface area contributed by atoms with E-state index in [0.29, 0.717) is 45.6 Å². The lowest BCUT2D eigenvalue weighted by atomic mass is 10.0. The van der Waals surface area contributed by atoms with Gasteiger partial charge in [0.25, 0.3) is 0 Å². The second-order valence-corrected chi connectivity index (χ2v) is 12.3. The van der Waals surface area contributed by atoms with Crippen LogP contribution in [-0.4, -0.2) is 57.3 Å². The van der Waals surface area contributed by atoms with Gasteiger partial charge in [0.05, 0.1) is 0 Å². The molecule has 0 saturated heterocycles. The fraction of sp³-hybridized carbons (Fsp3) is 1.00. The van der Waals surface area contributed by atoms with E-state index in [2.05, 4.69) is 6.92 Å². The molecule has 6 nitrogen and oxygen atoms in total.